The van der Waals surface area contributed by atoms with Crippen molar-refractivity contribution in [3.05, 3.63) is 67.7 Å². The first-order valence-corrected chi connectivity index (χ1v) is 9.12. The van der Waals surface area contributed by atoms with Crippen LogP contribution in [0.25, 0.3) is 11.4 Å². The zero-order valence-electron chi connectivity index (χ0n) is 15.2. The lowest BCUT2D eigenvalue weighted by Gasteiger charge is -2.16. The Balaban J connectivity index is 1.55. The van der Waals surface area contributed by atoms with Crippen molar-refractivity contribution in [2.75, 3.05) is 7.05 Å². The molecule has 3 N–H and O–H groups in total. The van der Waals surface area contributed by atoms with Gasteiger partial charge in [-0.15, -0.1) is 0 Å². The number of nitrogens with one attached hydrogen (secondary N) is 3. The summed E-state index contributed by atoms with van der Waals surface area (Å²) in [5, 5.41) is 6.30. The predicted molar refractivity (Wildman–Crippen MR) is 101 cm³/mol. The minimum Gasteiger partial charge on any atom is -0.306 e. The van der Waals surface area contributed by atoms with Gasteiger partial charge in [0.1, 0.15) is 11.6 Å². The fourth-order valence-corrected chi connectivity index (χ4v) is 3.56. The first-order valence-electron chi connectivity index (χ1n) is 9.12. The highest BCUT2D eigenvalue weighted by molar-refractivity contribution is 5.56. The summed E-state index contributed by atoms with van der Waals surface area (Å²) in [5.41, 5.74) is 3.45. The van der Waals surface area contributed by atoms with Crippen molar-refractivity contribution in [2.45, 2.75) is 38.8 Å². The van der Waals surface area contributed by atoms with E-state index in [1.165, 1.54) is 0 Å². The lowest BCUT2D eigenvalue weighted by atomic mass is 9.97. The van der Waals surface area contributed by atoms with Crippen LogP contribution in [0.3, 0.4) is 0 Å². The normalized spacial score (nSPS) is 13.7. The number of nitrogens with zero attached hydrogens (tertiary/aromatic N) is 3. The molecule has 0 atom stereocenters. The van der Waals surface area contributed by atoms with Crippen molar-refractivity contribution in [1.29, 1.82) is 0 Å². The van der Waals surface area contributed by atoms with E-state index >= 15 is 0 Å². The van der Waals surface area contributed by atoms with Gasteiger partial charge in [-0.3, -0.25) is 14.7 Å². The zero-order valence-corrected chi connectivity index (χ0v) is 15.2. The highest BCUT2D eigenvalue weighted by Gasteiger charge is 2.16. The maximum Gasteiger partial charge on any atom is 0.340 e. The largest absolute Gasteiger partial charge is 0.340 e. The summed E-state index contributed by atoms with van der Waals surface area (Å²) in [5.74, 6) is 1.22. The average Bonchev–Trinajstić information content (AvgIpc) is 3.06. The van der Waals surface area contributed by atoms with Gasteiger partial charge in [-0.1, -0.05) is 18.2 Å². The maximum atomic E-state index is 12.4. The van der Waals surface area contributed by atoms with Crippen molar-refractivity contribution < 1.29 is 0 Å². The van der Waals surface area contributed by atoms with E-state index in [4.69, 9.17) is 4.98 Å². The van der Waals surface area contributed by atoms with Crippen LogP contribution in [-0.2, 0) is 25.9 Å². The molecule has 2 aromatic heterocycles. The van der Waals surface area contributed by atoms with Gasteiger partial charge in [0, 0.05) is 17.7 Å². The van der Waals surface area contributed by atoms with Gasteiger partial charge in [0.15, 0.2) is 0 Å². The highest BCUT2D eigenvalue weighted by Crippen LogP contribution is 2.21. The number of H-pyrrole nitrogens is 3. The molecule has 0 aliphatic heterocycles. The standard InChI is InChI=1S/C19H22N6O2/c1-25(11-16-21-19(27)24-23-16)10-12-5-4-6-13(9-12)17-20-15-8-3-2-7-14(15)18(26)22-17/h4-6,9H,2-3,7-8,10-11H2,1H3,(H,20,22,26)(H2,21,23,24,27). The van der Waals surface area contributed by atoms with Gasteiger partial charge in [0.25, 0.3) is 5.56 Å². The molecule has 4 rings (SSSR count). The van der Waals surface area contributed by atoms with Gasteiger partial charge in [-0.05, 0) is 44.4 Å². The molecule has 140 valence electrons. The number of aryl methyl sites for hydroxylation is 1. The van der Waals surface area contributed by atoms with E-state index in [2.05, 4.69) is 20.2 Å². The monoisotopic (exact) mass is 366 g/mol. The third-order valence-corrected chi connectivity index (χ3v) is 4.81. The smallest absolute Gasteiger partial charge is 0.306 e. The summed E-state index contributed by atoms with van der Waals surface area (Å²) >= 11 is 0. The maximum absolute atomic E-state index is 12.4. The minimum atomic E-state index is -0.303. The lowest BCUT2D eigenvalue weighted by Crippen LogP contribution is -2.21. The number of aromatic nitrogens is 5. The Bertz CT molecular complexity index is 1060. The van der Waals surface area contributed by atoms with E-state index in [0.29, 0.717) is 24.7 Å². The molecule has 8 nitrogen and oxygen atoms in total. The number of hydrogen-bond acceptors (Lipinski definition) is 5. The van der Waals surface area contributed by atoms with E-state index < -0.39 is 0 Å². The summed E-state index contributed by atoms with van der Waals surface area (Å²) in [6, 6.07) is 8.00. The van der Waals surface area contributed by atoms with Gasteiger partial charge < -0.3 is 4.98 Å². The van der Waals surface area contributed by atoms with Crippen molar-refractivity contribution in [1.82, 2.24) is 30.0 Å². The Morgan fingerprint density at radius 2 is 1.96 bits per heavy atom. The Kier molecular flexibility index (Phi) is 4.72. The molecule has 0 radical (unpaired) electrons. The Morgan fingerprint density at radius 3 is 2.78 bits per heavy atom. The summed E-state index contributed by atoms with van der Waals surface area (Å²) in [6.07, 6.45) is 3.83. The van der Waals surface area contributed by atoms with Crippen LogP contribution in [0.15, 0.2) is 33.9 Å². The van der Waals surface area contributed by atoms with E-state index in [9.17, 15) is 9.59 Å². The van der Waals surface area contributed by atoms with Crippen LogP contribution in [-0.4, -0.2) is 37.1 Å². The molecular formula is C19H22N6O2. The van der Waals surface area contributed by atoms with Gasteiger partial charge in [0.2, 0.25) is 0 Å². The van der Waals surface area contributed by atoms with Crippen LogP contribution in [0, 0.1) is 0 Å². The molecule has 0 bridgehead atoms. The van der Waals surface area contributed by atoms with Crippen LogP contribution < -0.4 is 11.2 Å². The summed E-state index contributed by atoms with van der Waals surface area (Å²) in [7, 11) is 1.96. The minimum absolute atomic E-state index is 0.0142. The number of aromatic amines is 3. The topological polar surface area (TPSA) is 111 Å². The molecule has 0 saturated heterocycles. The van der Waals surface area contributed by atoms with Crippen LogP contribution in [0.4, 0.5) is 0 Å². The predicted octanol–water partition coefficient (Wildman–Crippen LogP) is 1.36. The lowest BCUT2D eigenvalue weighted by molar-refractivity contribution is 0.311. The van der Waals surface area contributed by atoms with Crippen molar-refractivity contribution in [3.8, 4) is 11.4 Å². The highest BCUT2D eigenvalue weighted by atomic mass is 16.1. The molecule has 0 unspecified atom stereocenters. The average molecular weight is 366 g/mol. The van der Waals surface area contributed by atoms with Gasteiger partial charge >= 0.3 is 5.69 Å². The Hall–Kier alpha value is -3.00. The van der Waals surface area contributed by atoms with Crippen molar-refractivity contribution in [2.24, 2.45) is 0 Å². The van der Waals surface area contributed by atoms with Gasteiger partial charge in [-0.2, -0.15) is 5.10 Å². The SMILES string of the molecule is CN(Cc1cccc(-c2nc3c(c(=O)[nH]2)CCCC3)c1)Cc1n[nH]c(=O)[nH]1. The number of hydrogen-bond donors (Lipinski definition) is 3. The van der Waals surface area contributed by atoms with Gasteiger partial charge in [-0.25, -0.2) is 14.9 Å². The van der Waals surface area contributed by atoms with Gasteiger partial charge in [0.05, 0.1) is 12.2 Å². The molecule has 2 heterocycles. The van der Waals surface area contributed by atoms with E-state index in [0.717, 1.165) is 48.1 Å². The third kappa shape index (κ3) is 3.90. The molecule has 1 aliphatic rings. The van der Waals surface area contributed by atoms with E-state index in [1.54, 1.807) is 0 Å². The summed E-state index contributed by atoms with van der Waals surface area (Å²) < 4.78 is 0. The second-order valence-corrected chi connectivity index (χ2v) is 7.04. The fraction of sp³-hybridized carbons (Fsp3) is 0.368. The molecule has 1 aliphatic carbocycles. The second kappa shape index (κ2) is 7.32. The van der Waals surface area contributed by atoms with Crippen LogP contribution in [0.5, 0.6) is 0 Å². The summed E-state index contributed by atoms with van der Waals surface area (Å²) in [6.45, 7) is 1.20. The molecule has 1 aromatic carbocycles. The first-order chi connectivity index (χ1) is 13.1. The molecule has 0 spiro atoms. The van der Waals surface area contributed by atoms with E-state index in [1.807, 2.05) is 36.2 Å². The number of benzene rings is 1. The first kappa shape index (κ1) is 17.4. The molecular weight excluding hydrogens is 344 g/mol. The number of fused-ring (bicyclic) bond motifs is 1. The second-order valence-electron chi connectivity index (χ2n) is 7.04. The number of rotatable bonds is 5. The molecule has 3 aromatic rings. The van der Waals surface area contributed by atoms with Crippen molar-refractivity contribution >= 4 is 0 Å². The zero-order chi connectivity index (χ0) is 18.8. The molecule has 0 fully saturated rings. The molecule has 0 amide bonds. The van der Waals surface area contributed by atoms with Crippen LogP contribution in [0.1, 0.15) is 35.5 Å². The molecule has 27 heavy (non-hydrogen) atoms. The summed E-state index contributed by atoms with van der Waals surface area (Å²) in [4.78, 5) is 35.9. The molecule has 0 saturated carbocycles. The molecule has 8 heteroatoms. The fourth-order valence-electron chi connectivity index (χ4n) is 3.56. The quantitative estimate of drug-likeness (QED) is 0.631. The van der Waals surface area contributed by atoms with Crippen molar-refractivity contribution in [3.63, 3.8) is 0 Å². The Morgan fingerprint density at radius 1 is 1.11 bits per heavy atom. The van der Waals surface area contributed by atoms with E-state index in [-0.39, 0.29) is 11.2 Å². The Labute approximate surface area is 155 Å². The van der Waals surface area contributed by atoms with Crippen LogP contribution >= 0.6 is 0 Å². The van der Waals surface area contributed by atoms with Crippen LogP contribution in [0.2, 0.25) is 0 Å². The third-order valence-electron chi connectivity index (χ3n) is 4.81.